The van der Waals surface area contributed by atoms with Gasteiger partial charge in [0.05, 0.1) is 0 Å². The number of allylic oxidation sites excluding steroid dienone is 4. The Bertz CT molecular complexity index is 777. The molecule has 0 aliphatic heterocycles. The van der Waals surface area contributed by atoms with E-state index in [1.807, 2.05) is 0 Å². The maximum atomic E-state index is 2.44. The fourth-order valence-electron chi connectivity index (χ4n) is 3.57. The zero-order valence-electron chi connectivity index (χ0n) is 12.9. The van der Waals surface area contributed by atoms with Crippen molar-refractivity contribution in [2.75, 3.05) is 0 Å². The standard InChI is InChI=1S/C20H17.2ClH.Zr/c1-2-14-7-5-9-18(14)16-10-11-20-17(13-16)12-15-6-3-4-8-19(15)20;;;/h3-14H,2H2,1H3;2*1H;/q;;;+2/p-2. The van der Waals surface area contributed by atoms with Gasteiger partial charge in [0.15, 0.2) is 0 Å². The molecule has 23 heavy (non-hydrogen) atoms. The van der Waals surface area contributed by atoms with Crippen molar-refractivity contribution in [1.82, 2.24) is 0 Å². The van der Waals surface area contributed by atoms with Crippen LogP contribution in [0.3, 0.4) is 0 Å². The van der Waals surface area contributed by atoms with Crippen LogP contribution in [-0.2, 0) is 24.7 Å². The zero-order valence-corrected chi connectivity index (χ0v) is 16.9. The molecular formula is C20H17Cl2Zr. The number of rotatable bonds is 2. The van der Waals surface area contributed by atoms with Gasteiger partial charge in [-0.2, -0.15) is 0 Å². The van der Waals surface area contributed by atoms with E-state index in [1.165, 1.54) is 39.8 Å². The smallest absolute Gasteiger partial charge is 1.00 e. The Hall–Kier alpha value is -0.617. The minimum atomic E-state index is 0. The Morgan fingerprint density at radius 2 is 1.70 bits per heavy atom. The molecule has 0 bridgehead atoms. The van der Waals surface area contributed by atoms with Crippen molar-refractivity contribution in [2.45, 2.75) is 17.0 Å². The Morgan fingerprint density at radius 3 is 2.48 bits per heavy atom. The SMILES string of the molecule is CCC1C=CC=C1c1ccc2c(c1)[CH]([Zr+2])c1ccccc1-2.[Cl-].[Cl-]. The largest absolute Gasteiger partial charge is 1.00 e. The molecule has 115 valence electrons. The topological polar surface area (TPSA) is 0 Å². The molecule has 2 aliphatic carbocycles. The van der Waals surface area contributed by atoms with Crippen LogP contribution in [0.5, 0.6) is 0 Å². The normalized spacial score (nSPS) is 20.2. The summed E-state index contributed by atoms with van der Waals surface area (Å²) in [7, 11) is 0. The summed E-state index contributed by atoms with van der Waals surface area (Å²) < 4.78 is 0.596. The summed E-state index contributed by atoms with van der Waals surface area (Å²) in [6.07, 6.45) is 8.00. The minimum Gasteiger partial charge on any atom is -1.00 e. The van der Waals surface area contributed by atoms with Gasteiger partial charge in [0.2, 0.25) is 0 Å². The summed E-state index contributed by atoms with van der Waals surface area (Å²) in [4.78, 5) is 0. The third-order valence-electron chi connectivity index (χ3n) is 4.72. The first-order valence-corrected chi connectivity index (χ1v) is 9.04. The van der Waals surface area contributed by atoms with Gasteiger partial charge in [-0.1, -0.05) is 0 Å². The maximum Gasteiger partial charge on any atom is -1.00 e. The second-order valence-electron chi connectivity index (χ2n) is 5.84. The Kier molecular flexibility index (Phi) is 6.12. The Balaban J connectivity index is 0.000000960. The third kappa shape index (κ3) is 3.04. The molecule has 3 heteroatoms. The molecule has 2 aliphatic rings. The van der Waals surface area contributed by atoms with Gasteiger partial charge in [-0.15, -0.1) is 0 Å². The summed E-state index contributed by atoms with van der Waals surface area (Å²) in [5, 5.41) is 0. The van der Waals surface area contributed by atoms with Crippen molar-refractivity contribution in [1.29, 1.82) is 0 Å². The number of halogens is 2. The van der Waals surface area contributed by atoms with Crippen LogP contribution in [0.15, 0.2) is 60.7 Å². The van der Waals surface area contributed by atoms with Gasteiger partial charge in [-0.05, 0) is 0 Å². The summed E-state index contributed by atoms with van der Waals surface area (Å²) in [6, 6.07) is 16.0. The van der Waals surface area contributed by atoms with Crippen molar-refractivity contribution in [3.05, 3.63) is 77.4 Å². The van der Waals surface area contributed by atoms with Crippen molar-refractivity contribution < 1.29 is 49.5 Å². The molecule has 2 atom stereocenters. The summed E-state index contributed by atoms with van der Waals surface area (Å²) in [6.45, 7) is 2.27. The summed E-state index contributed by atoms with van der Waals surface area (Å²) in [5.41, 5.74) is 8.80. The molecule has 0 saturated carbocycles. The van der Waals surface area contributed by atoms with Crippen LogP contribution in [0.25, 0.3) is 16.7 Å². The van der Waals surface area contributed by atoms with Crippen molar-refractivity contribution in [2.24, 2.45) is 5.92 Å². The number of benzene rings is 2. The predicted octanol–water partition coefficient (Wildman–Crippen LogP) is -0.709. The van der Waals surface area contributed by atoms with E-state index in [9.17, 15) is 0 Å². The van der Waals surface area contributed by atoms with Crippen LogP contribution < -0.4 is 24.8 Å². The van der Waals surface area contributed by atoms with Crippen molar-refractivity contribution >= 4 is 5.57 Å². The summed E-state index contributed by atoms with van der Waals surface area (Å²) >= 11 is 1.58. The number of fused-ring (bicyclic) bond motifs is 3. The van der Waals surface area contributed by atoms with Crippen LogP contribution in [0.2, 0.25) is 0 Å². The minimum absolute atomic E-state index is 0. The van der Waals surface area contributed by atoms with Gasteiger partial charge in [0.25, 0.3) is 0 Å². The van der Waals surface area contributed by atoms with E-state index in [1.54, 1.807) is 24.7 Å². The molecule has 0 spiro atoms. The first kappa shape index (κ1) is 18.7. The molecule has 0 heterocycles. The third-order valence-corrected chi connectivity index (χ3v) is 6.25. The van der Waals surface area contributed by atoms with Gasteiger partial charge >= 0.3 is 142 Å². The van der Waals surface area contributed by atoms with Gasteiger partial charge in [0.1, 0.15) is 0 Å². The molecule has 2 aromatic rings. The predicted molar refractivity (Wildman–Crippen MR) is 84.6 cm³/mol. The monoisotopic (exact) mass is 417 g/mol. The molecule has 0 N–H and O–H groups in total. The maximum absolute atomic E-state index is 2.44. The zero-order chi connectivity index (χ0) is 14.4. The molecule has 0 amide bonds. The van der Waals surface area contributed by atoms with Gasteiger partial charge < -0.3 is 24.8 Å². The average Bonchev–Trinajstić information content (AvgIpc) is 3.11. The van der Waals surface area contributed by atoms with Crippen LogP contribution in [0.1, 0.15) is 33.7 Å². The summed E-state index contributed by atoms with van der Waals surface area (Å²) in [5.74, 6) is 0.593. The van der Waals surface area contributed by atoms with Gasteiger partial charge in [0, 0.05) is 0 Å². The molecule has 2 unspecified atom stereocenters. The fourth-order valence-corrected chi connectivity index (χ4v) is 4.78. The van der Waals surface area contributed by atoms with E-state index in [0.717, 1.165) is 0 Å². The first-order valence-electron chi connectivity index (χ1n) is 7.62. The first-order chi connectivity index (χ1) is 10.3. The quantitative estimate of drug-likeness (QED) is 0.604. The second kappa shape index (κ2) is 7.51. The Labute approximate surface area is 165 Å². The van der Waals surface area contributed by atoms with E-state index >= 15 is 0 Å². The van der Waals surface area contributed by atoms with Gasteiger partial charge in [-0.3, -0.25) is 0 Å². The van der Waals surface area contributed by atoms with Crippen molar-refractivity contribution in [3.63, 3.8) is 0 Å². The molecule has 0 radical (unpaired) electrons. The average molecular weight is 419 g/mol. The van der Waals surface area contributed by atoms with E-state index in [2.05, 4.69) is 67.6 Å². The molecule has 4 rings (SSSR count). The van der Waals surface area contributed by atoms with Crippen LogP contribution in [-0.4, -0.2) is 0 Å². The molecule has 0 saturated heterocycles. The number of hydrogen-bond acceptors (Lipinski definition) is 0. The van der Waals surface area contributed by atoms with E-state index in [-0.39, 0.29) is 24.8 Å². The number of hydrogen-bond donors (Lipinski definition) is 0. The van der Waals surface area contributed by atoms with E-state index in [0.29, 0.717) is 9.54 Å². The molecular weight excluding hydrogens is 402 g/mol. The van der Waals surface area contributed by atoms with Crippen LogP contribution in [0, 0.1) is 5.92 Å². The van der Waals surface area contributed by atoms with Crippen LogP contribution in [0.4, 0.5) is 0 Å². The molecule has 0 aromatic heterocycles. The fraction of sp³-hybridized carbons (Fsp3) is 0.200. The van der Waals surface area contributed by atoms with Crippen molar-refractivity contribution in [3.8, 4) is 11.1 Å². The van der Waals surface area contributed by atoms with E-state index in [4.69, 9.17) is 0 Å². The Morgan fingerprint density at radius 1 is 0.957 bits per heavy atom. The molecule has 0 nitrogen and oxygen atoms in total. The molecule has 0 fully saturated rings. The van der Waals surface area contributed by atoms with Gasteiger partial charge in [-0.25, -0.2) is 0 Å². The second-order valence-corrected chi connectivity index (χ2v) is 7.26. The van der Waals surface area contributed by atoms with E-state index < -0.39 is 0 Å². The van der Waals surface area contributed by atoms with Crippen LogP contribution >= 0.6 is 0 Å². The molecule has 2 aromatic carbocycles.